The van der Waals surface area contributed by atoms with E-state index in [1.54, 1.807) is 30.3 Å². The monoisotopic (exact) mass is 419 g/mol. The first-order valence-electron chi connectivity index (χ1n) is 9.24. The first-order chi connectivity index (χ1) is 14.6. The maximum Gasteiger partial charge on any atom is 0.275 e. The van der Waals surface area contributed by atoms with Crippen molar-refractivity contribution < 1.29 is 9.53 Å². The van der Waals surface area contributed by atoms with Gasteiger partial charge in [0.25, 0.3) is 11.5 Å². The summed E-state index contributed by atoms with van der Waals surface area (Å²) in [5, 5.41) is 3.27. The summed E-state index contributed by atoms with van der Waals surface area (Å²) in [6.07, 6.45) is -0.808. The number of anilines is 1. The van der Waals surface area contributed by atoms with Crippen molar-refractivity contribution in [1.82, 2.24) is 9.97 Å². The Morgan fingerprint density at radius 3 is 2.57 bits per heavy atom. The molecule has 0 spiro atoms. The molecule has 0 saturated carbocycles. The molecule has 3 aromatic carbocycles. The lowest BCUT2D eigenvalue weighted by Gasteiger charge is -2.17. The van der Waals surface area contributed by atoms with E-state index >= 15 is 0 Å². The molecule has 0 unspecified atom stereocenters. The lowest BCUT2D eigenvalue weighted by atomic mass is 10.1. The summed E-state index contributed by atoms with van der Waals surface area (Å²) < 4.78 is 5.40. The fourth-order valence-corrected chi connectivity index (χ4v) is 3.43. The average molecular weight is 420 g/mol. The Balaban J connectivity index is 1.75. The number of nitrogens with zero attached hydrogens (tertiary/aromatic N) is 1. The number of nitrogens with one attached hydrogen (secondary N) is 2. The fraction of sp³-hybridized carbons (Fsp3) is 0.0870. The van der Waals surface area contributed by atoms with Gasteiger partial charge in [-0.2, -0.15) is 0 Å². The van der Waals surface area contributed by atoms with E-state index in [1.165, 1.54) is 7.11 Å². The highest BCUT2D eigenvalue weighted by molar-refractivity contribution is 6.31. The van der Waals surface area contributed by atoms with Gasteiger partial charge >= 0.3 is 0 Å². The van der Waals surface area contributed by atoms with Crippen LogP contribution in [0.25, 0.3) is 22.3 Å². The number of hydrogen-bond donors (Lipinski definition) is 2. The highest BCUT2D eigenvalue weighted by Crippen LogP contribution is 2.30. The van der Waals surface area contributed by atoms with Crippen LogP contribution >= 0.6 is 11.6 Å². The standard InChI is InChI=1S/C23H18ClN3O3/c1-30-21(14-7-3-2-4-8-14)23(29)26-17-12-11-15(24)13-16(17)20-22(28)27-19-10-6-5-9-18(19)25-20/h2-13,21H,1H3,(H,26,29)(H,27,28)/t21-/m1/s1. The Hall–Kier alpha value is -3.48. The van der Waals surface area contributed by atoms with Gasteiger partial charge in [0.2, 0.25) is 0 Å². The van der Waals surface area contributed by atoms with Gasteiger partial charge in [0.15, 0.2) is 6.10 Å². The van der Waals surface area contributed by atoms with Gasteiger partial charge in [-0.15, -0.1) is 0 Å². The maximum absolute atomic E-state index is 12.9. The summed E-state index contributed by atoms with van der Waals surface area (Å²) in [5.74, 6) is -0.371. The largest absolute Gasteiger partial charge is 0.367 e. The summed E-state index contributed by atoms with van der Waals surface area (Å²) in [7, 11) is 1.47. The number of para-hydroxylation sites is 2. The minimum Gasteiger partial charge on any atom is -0.367 e. The molecular formula is C23H18ClN3O3. The lowest BCUT2D eigenvalue weighted by Crippen LogP contribution is -2.23. The van der Waals surface area contributed by atoms with Gasteiger partial charge in [-0.05, 0) is 35.9 Å². The van der Waals surface area contributed by atoms with E-state index in [4.69, 9.17) is 16.3 Å². The van der Waals surface area contributed by atoms with Crippen LogP contribution in [0, 0.1) is 0 Å². The first kappa shape index (κ1) is 19.8. The summed E-state index contributed by atoms with van der Waals surface area (Å²) >= 11 is 6.18. The molecule has 0 fully saturated rings. The smallest absolute Gasteiger partial charge is 0.275 e. The van der Waals surface area contributed by atoms with Crippen LogP contribution < -0.4 is 10.9 Å². The number of amides is 1. The van der Waals surface area contributed by atoms with E-state index in [0.717, 1.165) is 5.56 Å². The predicted octanol–water partition coefficient (Wildman–Crippen LogP) is 4.57. The zero-order valence-electron chi connectivity index (χ0n) is 16.1. The third kappa shape index (κ3) is 3.96. The second-order valence-corrected chi connectivity index (χ2v) is 7.07. The number of H-pyrrole nitrogens is 1. The van der Waals surface area contributed by atoms with Gasteiger partial charge in [-0.1, -0.05) is 54.1 Å². The first-order valence-corrected chi connectivity index (χ1v) is 9.62. The number of ether oxygens (including phenoxy) is 1. The molecule has 4 aromatic rings. The molecule has 150 valence electrons. The third-order valence-corrected chi connectivity index (χ3v) is 4.91. The Labute approximate surface area is 177 Å². The number of fused-ring (bicyclic) bond motifs is 1. The average Bonchev–Trinajstić information content (AvgIpc) is 2.76. The van der Waals surface area contributed by atoms with Crippen LogP contribution in [0.5, 0.6) is 0 Å². The summed E-state index contributed by atoms with van der Waals surface area (Å²) in [6.45, 7) is 0. The van der Waals surface area contributed by atoms with Crippen molar-refractivity contribution in [2.45, 2.75) is 6.10 Å². The Morgan fingerprint density at radius 1 is 1.07 bits per heavy atom. The van der Waals surface area contributed by atoms with Crippen molar-refractivity contribution in [2.24, 2.45) is 0 Å². The zero-order valence-corrected chi connectivity index (χ0v) is 16.8. The molecule has 1 aromatic heterocycles. The lowest BCUT2D eigenvalue weighted by molar-refractivity contribution is -0.126. The summed E-state index contributed by atoms with van der Waals surface area (Å²) in [6, 6.07) is 21.3. The quantitative estimate of drug-likeness (QED) is 0.496. The number of benzene rings is 3. The van der Waals surface area contributed by atoms with Gasteiger partial charge in [-0.25, -0.2) is 4.98 Å². The second-order valence-electron chi connectivity index (χ2n) is 6.64. The Bertz CT molecular complexity index is 1270. The van der Waals surface area contributed by atoms with Crippen molar-refractivity contribution >= 4 is 34.2 Å². The van der Waals surface area contributed by atoms with E-state index < -0.39 is 6.10 Å². The molecule has 2 N–H and O–H groups in total. The number of aromatic nitrogens is 2. The van der Waals surface area contributed by atoms with Gasteiger partial charge in [0, 0.05) is 17.7 Å². The number of aromatic amines is 1. The maximum atomic E-state index is 12.9. The zero-order chi connectivity index (χ0) is 21.1. The molecule has 0 aliphatic rings. The van der Waals surface area contributed by atoms with Crippen LogP contribution in [0.2, 0.25) is 5.02 Å². The highest BCUT2D eigenvalue weighted by Gasteiger charge is 2.22. The molecule has 0 radical (unpaired) electrons. The molecule has 6 nitrogen and oxygen atoms in total. The van der Waals surface area contributed by atoms with Gasteiger partial charge in [0.05, 0.1) is 16.7 Å². The van der Waals surface area contributed by atoms with Crippen LogP contribution in [0.4, 0.5) is 5.69 Å². The predicted molar refractivity (Wildman–Crippen MR) is 118 cm³/mol. The van der Waals surface area contributed by atoms with Crippen LogP contribution in [-0.4, -0.2) is 23.0 Å². The number of halogens is 1. The van der Waals surface area contributed by atoms with Crippen molar-refractivity contribution in [3.8, 4) is 11.3 Å². The number of methoxy groups -OCH3 is 1. The van der Waals surface area contributed by atoms with E-state index in [1.807, 2.05) is 42.5 Å². The number of hydrogen-bond acceptors (Lipinski definition) is 4. The minimum atomic E-state index is -0.808. The van der Waals surface area contributed by atoms with Crippen LogP contribution in [-0.2, 0) is 9.53 Å². The van der Waals surface area contributed by atoms with Crippen molar-refractivity contribution in [3.05, 3.63) is 93.7 Å². The van der Waals surface area contributed by atoms with Crippen molar-refractivity contribution in [1.29, 1.82) is 0 Å². The molecule has 1 heterocycles. The molecule has 4 rings (SSSR count). The summed E-state index contributed by atoms with van der Waals surface area (Å²) in [4.78, 5) is 32.9. The number of carbonyl (C=O) groups excluding carboxylic acids is 1. The fourth-order valence-electron chi connectivity index (χ4n) is 3.25. The molecule has 0 saturated heterocycles. The molecule has 0 aliphatic carbocycles. The number of rotatable bonds is 5. The minimum absolute atomic E-state index is 0.167. The van der Waals surface area contributed by atoms with Gasteiger partial charge < -0.3 is 15.0 Å². The molecule has 1 amide bonds. The van der Waals surface area contributed by atoms with Gasteiger partial charge in [-0.3, -0.25) is 9.59 Å². The topological polar surface area (TPSA) is 84.1 Å². The van der Waals surface area contributed by atoms with E-state index in [0.29, 0.717) is 27.3 Å². The van der Waals surface area contributed by atoms with E-state index in [2.05, 4.69) is 15.3 Å². The molecular weight excluding hydrogens is 402 g/mol. The van der Waals surface area contributed by atoms with Crippen molar-refractivity contribution in [2.75, 3.05) is 12.4 Å². The highest BCUT2D eigenvalue weighted by atomic mass is 35.5. The Kier molecular flexibility index (Phi) is 5.61. The SMILES string of the molecule is CO[C@@H](C(=O)Nc1ccc(Cl)cc1-c1nc2ccccc2[nH]c1=O)c1ccccc1. The third-order valence-electron chi connectivity index (χ3n) is 4.67. The molecule has 7 heteroatoms. The molecule has 0 bridgehead atoms. The van der Waals surface area contributed by atoms with Crippen LogP contribution in [0.1, 0.15) is 11.7 Å². The molecule has 1 atom stereocenters. The van der Waals surface area contributed by atoms with Crippen molar-refractivity contribution in [3.63, 3.8) is 0 Å². The number of carbonyl (C=O) groups is 1. The van der Waals surface area contributed by atoms with Gasteiger partial charge in [0.1, 0.15) is 5.69 Å². The molecule has 0 aliphatic heterocycles. The van der Waals surface area contributed by atoms with E-state index in [-0.39, 0.29) is 17.2 Å². The van der Waals surface area contributed by atoms with E-state index in [9.17, 15) is 9.59 Å². The van der Waals surface area contributed by atoms with Crippen LogP contribution in [0.3, 0.4) is 0 Å². The second kappa shape index (κ2) is 8.49. The Morgan fingerprint density at radius 2 is 1.80 bits per heavy atom. The normalized spacial score (nSPS) is 11.9. The summed E-state index contributed by atoms with van der Waals surface area (Å²) in [5.41, 5.74) is 2.60. The van der Waals surface area contributed by atoms with Crippen LogP contribution in [0.15, 0.2) is 77.6 Å². The molecule has 30 heavy (non-hydrogen) atoms.